The van der Waals surface area contributed by atoms with Gasteiger partial charge in [0.2, 0.25) is 0 Å². The molecule has 2 unspecified atom stereocenters. The largest absolute Gasteiger partial charge is 0.457 e. The molecule has 2 atom stereocenters. The first-order chi connectivity index (χ1) is 14.2. The number of benzene rings is 1. The van der Waals surface area contributed by atoms with Crippen molar-refractivity contribution < 1.29 is 9.53 Å². The van der Waals surface area contributed by atoms with Crippen LogP contribution in [0.25, 0.3) is 0 Å². The maximum atomic E-state index is 13.4. The fourth-order valence-electron chi connectivity index (χ4n) is 3.83. The van der Waals surface area contributed by atoms with E-state index in [1.54, 1.807) is 12.1 Å². The first-order valence-corrected chi connectivity index (χ1v) is 11.3. The van der Waals surface area contributed by atoms with Crippen LogP contribution in [0.1, 0.15) is 79.7 Å². The van der Waals surface area contributed by atoms with Crippen molar-refractivity contribution in [3.05, 3.63) is 46.1 Å². The molecule has 0 aromatic heterocycles. The molecule has 4 nitrogen and oxygen atoms in total. The van der Waals surface area contributed by atoms with Crippen molar-refractivity contribution in [1.29, 1.82) is 5.26 Å². The van der Waals surface area contributed by atoms with Crippen LogP contribution >= 0.6 is 11.6 Å². The van der Waals surface area contributed by atoms with Gasteiger partial charge in [-0.1, -0.05) is 58.4 Å². The Balaban J connectivity index is 2.77. The van der Waals surface area contributed by atoms with Gasteiger partial charge >= 0.3 is 5.97 Å². The highest BCUT2D eigenvalue weighted by molar-refractivity contribution is 6.30. The second-order valence-electron chi connectivity index (χ2n) is 10.9. The highest BCUT2D eigenvalue weighted by Gasteiger charge is 2.41. The quantitative estimate of drug-likeness (QED) is 0.457. The molecular weight excluding hydrogens is 408 g/mol. The molecule has 1 heterocycles. The third-order valence-electron chi connectivity index (χ3n) is 4.89. The molecule has 0 amide bonds. The fraction of sp³-hybridized carbons (Fsp3) is 0.577. The third-order valence-corrected chi connectivity index (χ3v) is 5.14. The van der Waals surface area contributed by atoms with Crippen molar-refractivity contribution in [2.45, 2.75) is 79.8 Å². The summed E-state index contributed by atoms with van der Waals surface area (Å²) in [5, 5.41) is 10.8. The molecule has 2 rings (SSSR count). The lowest BCUT2D eigenvalue weighted by Gasteiger charge is -2.34. The van der Waals surface area contributed by atoms with Gasteiger partial charge in [-0.05, 0) is 62.6 Å². The number of hydrogen-bond acceptors (Lipinski definition) is 4. The van der Waals surface area contributed by atoms with E-state index in [2.05, 4.69) is 40.7 Å². The number of aliphatic imine (C=N–C) groups is 1. The Hall–Kier alpha value is -2.12. The second-order valence-corrected chi connectivity index (χ2v) is 11.4. The predicted molar refractivity (Wildman–Crippen MR) is 127 cm³/mol. The average molecular weight is 443 g/mol. The SMILES string of the molecule is CC(C)CC1=C(C(=O)OC(C)(C)C)C(c2ccc(Cl)cc2)C(C#N)C(CC(C)(C)C)=N1. The number of carbonyl (C=O) groups is 1. The van der Waals surface area contributed by atoms with E-state index in [0.29, 0.717) is 29.4 Å². The Bertz CT molecular complexity index is 907. The number of carbonyl (C=O) groups excluding carboxylic acids is 1. The van der Waals surface area contributed by atoms with Gasteiger partial charge in [-0.25, -0.2) is 4.79 Å². The van der Waals surface area contributed by atoms with Crippen LogP contribution in [0.15, 0.2) is 40.5 Å². The van der Waals surface area contributed by atoms with Crippen molar-refractivity contribution >= 4 is 23.3 Å². The van der Waals surface area contributed by atoms with Gasteiger partial charge in [0.1, 0.15) is 5.60 Å². The zero-order valence-electron chi connectivity index (χ0n) is 20.0. The zero-order valence-corrected chi connectivity index (χ0v) is 20.8. The Labute approximate surface area is 192 Å². The molecule has 0 fully saturated rings. The predicted octanol–water partition coefficient (Wildman–Crippen LogP) is 7.10. The average Bonchev–Trinajstić information content (AvgIpc) is 2.58. The lowest BCUT2D eigenvalue weighted by molar-refractivity contribution is -0.150. The highest BCUT2D eigenvalue weighted by Crippen LogP contribution is 2.43. The van der Waals surface area contributed by atoms with Crippen LogP contribution in [0.4, 0.5) is 0 Å². The summed E-state index contributed by atoms with van der Waals surface area (Å²) in [6.45, 7) is 16.2. The third kappa shape index (κ3) is 6.94. The lowest BCUT2D eigenvalue weighted by Crippen LogP contribution is -2.35. The summed E-state index contributed by atoms with van der Waals surface area (Å²) in [6, 6.07) is 9.85. The fourth-order valence-corrected chi connectivity index (χ4v) is 3.96. The van der Waals surface area contributed by atoms with Gasteiger partial charge in [0.05, 0.1) is 23.3 Å². The topological polar surface area (TPSA) is 62.5 Å². The molecule has 0 bridgehead atoms. The lowest BCUT2D eigenvalue weighted by atomic mass is 9.72. The van der Waals surface area contributed by atoms with Crippen molar-refractivity contribution in [3.8, 4) is 6.07 Å². The molecule has 0 saturated carbocycles. The van der Waals surface area contributed by atoms with E-state index in [4.69, 9.17) is 21.3 Å². The molecule has 0 N–H and O–H groups in total. The molecule has 5 heteroatoms. The molecular formula is C26H35ClN2O2. The molecule has 31 heavy (non-hydrogen) atoms. The number of esters is 1. The minimum atomic E-state index is -0.644. The Morgan fingerprint density at radius 3 is 2.19 bits per heavy atom. The molecule has 0 spiro atoms. The maximum absolute atomic E-state index is 13.4. The summed E-state index contributed by atoms with van der Waals surface area (Å²) >= 11 is 6.13. The summed E-state index contributed by atoms with van der Waals surface area (Å²) in [5.41, 5.74) is 2.25. The number of nitriles is 1. The smallest absolute Gasteiger partial charge is 0.337 e. The summed E-state index contributed by atoms with van der Waals surface area (Å²) in [4.78, 5) is 18.4. The van der Waals surface area contributed by atoms with E-state index < -0.39 is 23.4 Å². The van der Waals surface area contributed by atoms with Crippen molar-refractivity contribution in [2.75, 3.05) is 0 Å². The highest BCUT2D eigenvalue weighted by atomic mass is 35.5. The van der Waals surface area contributed by atoms with Gasteiger partial charge in [0.25, 0.3) is 0 Å². The van der Waals surface area contributed by atoms with Gasteiger partial charge < -0.3 is 4.74 Å². The van der Waals surface area contributed by atoms with Gasteiger partial charge in [-0.15, -0.1) is 0 Å². The monoisotopic (exact) mass is 442 g/mol. The van der Waals surface area contributed by atoms with Crippen LogP contribution in [0, 0.1) is 28.6 Å². The molecule has 1 aromatic carbocycles. The first-order valence-electron chi connectivity index (χ1n) is 10.9. The zero-order chi connectivity index (χ0) is 23.6. The minimum absolute atomic E-state index is 0.0369. The van der Waals surface area contributed by atoms with Gasteiger partial charge in [0, 0.05) is 16.7 Å². The van der Waals surface area contributed by atoms with E-state index in [9.17, 15) is 10.1 Å². The normalized spacial score (nSPS) is 19.8. The van der Waals surface area contributed by atoms with Crippen LogP contribution in [0.3, 0.4) is 0 Å². The number of hydrogen-bond donors (Lipinski definition) is 0. The van der Waals surface area contributed by atoms with Crippen LogP contribution in [0.2, 0.25) is 5.02 Å². The van der Waals surface area contributed by atoms with Gasteiger partial charge in [0.15, 0.2) is 0 Å². The molecule has 168 valence electrons. The van der Waals surface area contributed by atoms with Gasteiger partial charge in [-0.2, -0.15) is 5.26 Å². The Kier molecular flexibility index (Phi) is 7.76. The summed E-state index contributed by atoms with van der Waals surface area (Å²) < 4.78 is 5.79. The molecule has 0 saturated heterocycles. The van der Waals surface area contributed by atoms with Crippen molar-refractivity contribution in [2.24, 2.45) is 22.2 Å². The van der Waals surface area contributed by atoms with E-state index >= 15 is 0 Å². The summed E-state index contributed by atoms with van der Waals surface area (Å²) in [7, 11) is 0. The summed E-state index contributed by atoms with van der Waals surface area (Å²) in [6.07, 6.45) is 1.32. The molecule has 0 radical (unpaired) electrons. The number of allylic oxidation sites excluding steroid dienone is 1. The Morgan fingerprint density at radius 1 is 1.16 bits per heavy atom. The number of rotatable bonds is 5. The van der Waals surface area contributed by atoms with E-state index in [1.807, 2.05) is 32.9 Å². The van der Waals surface area contributed by atoms with Crippen LogP contribution in [-0.2, 0) is 9.53 Å². The van der Waals surface area contributed by atoms with E-state index in [1.165, 1.54) is 0 Å². The van der Waals surface area contributed by atoms with Crippen LogP contribution in [-0.4, -0.2) is 17.3 Å². The Morgan fingerprint density at radius 2 is 1.74 bits per heavy atom. The van der Waals surface area contributed by atoms with Crippen LogP contribution in [0.5, 0.6) is 0 Å². The van der Waals surface area contributed by atoms with Gasteiger partial charge in [-0.3, -0.25) is 4.99 Å². The van der Waals surface area contributed by atoms with E-state index in [0.717, 1.165) is 17.0 Å². The molecule has 1 aliphatic rings. The minimum Gasteiger partial charge on any atom is -0.457 e. The van der Waals surface area contributed by atoms with Crippen molar-refractivity contribution in [1.82, 2.24) is 0 Å². The molecule has 1 aliphatic heterocycles. The standard InChI is InChI=1S/C26H35ClN2O2/c1-16(2)13-20-23(24(30)31-26(6,7)8)22(17-9-11-18(27)12-10-17)19(15-28)21(29-20)14-25(3,4)5/h9-12,16,19,22H,13-14H2,1-8H3. The maximum Gasteiger partial charge on any atom is 0.337 e. The number of nitrogens with zero attached hydrogens (tertiary/aromatic N) is 2. The van der Waals surface area contributed by atoms with E-state index in [-0.39, 0.29) is 5.41 Å². The number of halogens is 1. The molecule has 0 aliphatic carbocycles. The summed E-state index contributed by atoms with van der Waals surface area (Å²) in [5.74, 6) is -1.09. The molecule has 1 aromatic rings. The second kappa shape index (κ2) is 9.57. The first kappa shape index (κ1) is 25.1. The number of ether oxygens (including phenoxy) is 1. The van der Waals surface area contributed by atoms with Crippen LogP contribution < -0.4 is 0 Å². The van der Waals surface area contributed by atoms with Crippen molar-refractivity contribution in [3.63, 3.8) is 0 Å².